The van der Waals surface area contributed by atoms with Crippen LogP contribution in [0, 0.1) is 0 Å². The molecule has 0 aliphatic carbocycles. The van der Waals surface area contributed by atoms with Gasteiger partial charge >= 0.3 is 6.01 Å². The van der Waals surface area contributed by atoms with Gasteiger partial charge in [-0.05, 0) is 30.5 Å². The van der Waals surface area contributed by atoms with Crippen molar-refractivity contribution < 1.29 is 4.42 Å². The van der Waals surface area contributed by atoms with Crippen molar-refractivity contribution in [1.82, 2.24) is 15.5 Å². The van der Waals surface area contributed by atoms with Gasteiger partial charge in [-0.15, -0.1) is 16.9 Å². The summed E-state index contributed by atoms with van der Waals surface area (Å²) in [5, 5.41) is 14.2. The van der Waals surface area contributed by atoms with Gasteiger partial charge in [-0.25, -0.2) is 0 Å². The Balaban J connectivity index is 1.95. The van der Waals surface area contributed by atoms with Gasteiger partial charge in [0.25, 0.3) is 0 Å². The Morgan fingerprint density at radius 3 is 2.58 bits per heavy atom. The molecule has 5 nitrogen and oxygen atoms in total. The Hall–Kier alpha value is -1.53. The molecule has 2 aromatic rings. The van der Waals surface area contributed by atoms with Gasteiger partial charge in [0.05, 0.1) is 6.54 Å². The van der Waals surface area contributed by atoms with Crippen LogP contribution >= 0.6 is 11.8 Å². The van der Waals surface area contributed by atoms with Gasteiger partial charge in [0.15, 0.2) is 0 Å². The first kappa shape index (κ1) is 13.9. The molecule has 0 fully saturated rings. The van der Waals surface area contributed by atoms with Crippen molar-refractivity contribution in [3.63, 3.8) is 0 Å². The number of aromatic nitrogens is 2. The van der Waals surface area contributed by atoms with Crippen molar-refractivity contribution in [2.75, 3.05) is 11.6 Å². The van der Waals surface area contributed by atoms with Crippen molar-refractivity contribution >= 4 is 23.5 Å². The van der Waals surface area contributed by atoms with Crippen LogP contribution in [0.15, 0.2) is 33.6 Å². The third-order valence-electron chi connectivity index (χ3n) is 2.47. The van der Waals surface area contributed by atoms with Crippen molar-refractivity contribution in [2.24, 2.45) is 0 Å². The molecule has 102 valence electrons. The lowest BCUT2D eigenvalue weighted by Crippen LogP contribution is -2.21. The summed E-state index contributed by atoms with van der Waals surface area (Å²) in [6.07, 6.45) is 2.05. The molecule has 0 bridgehead atoms. The molecule has 2 N–H and O–H groups in total. The van der Waals surface area contributed by atoms with Gasteiger partial charge in [0.2, 0.25) is 5.89 Å². The van der Waals surface area contributed by atoms with Crippen LogP contribution in [0.5, 0.6) is 0 Å². The van der Waals surface area contributed by atoms with Crippen LogP contribution in [-0.2, 0) is 6.54 Å². The second-order valence-electron chi connectivity index (χ2n) is 4.39. The normalized spacial score (nSPS) is 10.9. The van der Waals surface area contributed by atoms with E-state index in [-0.39, 0.29) is 0 Å². The van der Waals surface area contributed by atoms with Crippen LogP contribution in [0.25, 0.3) is 0 Å². The van der Waals surface area contributed by atoms with E-state index in [1.165, 1.54) is 4.90 Å². The van der Waals surface area contributed by atoms with E-state index in [1.807, 2.05) is 24.3 Å². The minimum absolute atomic E-state index is 0.391. The first-order valence-corrected chi connectivity index (χ1v) is 7.36. The summed E-state index contributed by atoms with van der Waals surface area (Å²) in [6, 6.07) is 8.87. The maximum atomic E-state index is 5.49. The summed E-state index contributed by atoms with van der Waals surface area (Å²) in [5.74, 6) is 0.580. The summed E-state index contributed by atoms with van der Waals surface area (Å²) in [6.45, 7) is 4.73. The van der Waals surface area contributed by atoms with Crippen LogP contribution in [0.3, 0.4) is 0 Å². The smallest absolute Gasteiger partial charge is 0.320 e. The predicted molar refractivity (Wildman–Crippen MR) is 77.8 cm³/mol. The van der Waals surface area contributed by atoms with Crippen LogP contribution in [0.2, 0.25) is 0 Å². The van der Waals surface area contributed by atoms with Crippen molar-refractivity contribution in [3.8, 4) is 0 Å². The highest BCUT2D eigenvalue weighted by molar-refractivity contribution is 7.98. The van der Waals surface area contributed by atoms with Crippen LogP contribution in [0.4, 0.5) is 11.7 Å². The molecule has 0 atom stereocenters. The van der Waals surface area contributed by atoms with Gasteiger partial charge < -0.3 is 15.1 Å². The predicted octanol–water partition coefficient (Wildman–Crippen LogP) is 3.03. The quantitative estimate of drug-likeness (QED) is 0.792. The molecule has 2 rings (SSSR count). The van der Waals surface area contributed by atoms with E-state index >= 15 is 0 Å². The largest absolute Gasteiger partial charge is 0.406 e. The lowest BCUT2D eigenvalue weighted by atomic mass is 10.3. The molecule has 1 aromatic carbocycles. The number of nitrogens with one attached hydrogen (secondary N) is 2. The van der Waals surface area contributed by atoms with Gasteiger partial charge in [-0.1, -0.05) is 18.9 Å². The van der Waals surface area contributed by atoms with Crippen molar-refractivity contribution in [1.29, 1.82) is 0 Å². The van der Waals surface area contributed by atoms with E-state index in [0.717, 1.165) is 5.69 Å². The molecule has 0 saturated heterocycles. The average molecular weight is 278 g/mol. The summed E-state index contributed by atoms with van der Waals surface area (Å²) in [7, 11) is 0. The zero-order chi connectivity index (χ0) is 13.7. The zero-order valence-corrected chi connectivity index (χ0v) is 12.1. The van der Waals surface area contributed by atoms with Gasteiger partial charge in [0, 0.05) is 16.6 Å². The van der Waals surface area contributed by atoms with Crippen LogP contribution in [-0.4, -0.2) is 22.5 Å². The van der Waals surface area contributed by atoms with E-state index in [2.05, 4.69) is 40.9 Å². The Morgan fingerprint density at radius 2 is 1.95 bits per heavy atom. The minimum atomic E-state index is 0.391. The number of thioether (sulfide) groups is 1. The monoisotopic (exact) mass is 278 g/mol. The van der Waals surface area contributed by atoms with E-state index in [9.17, 15) is 0 Å². The highest BCUT2D eigenvalue weighted by Gasteiger charge is 2.06. The first-order chi connectivity index (χ1) is 9.17. The molecule has 0 spiro atoms. The average Bonchev–Trinajstić information content (AvgIpc) is 2.85. The van der Waals surface area contributed by atoms with Crippen LogP contribution < -0.4 is 10.6 Å². The number of rotatable bonds is 6. The Bertz CT molecular complexity index is 510. The van der Waals surface area contributed by atoms with Crippen LogP contribution in [0.1, 0.15) is 19.7 Å². The summed E-state index contributed by atoms with van der Waals surface area (Å²) in [4.78, 5) is 1.22. The number of nitrogens with zero attached hydrogens (tertiary/aromatic N) is 2. The third kappa shape index (κ3) is 4.25. The molecule has 0 aliphatic heterocycles. The number of anilines is 2. The molecule has 19 heavy (non-hydrogen) atoms. The van der Waals surface area contributed by atoms with Crippen molar-refractivity contribution in [3.05, 3.63) is 30.2 Å². The van der Waals surface area contributed by atoms with E-state index in [4.69, 9.17) is 4.42 Å². The molecule has 1 aromatic heterocycles. The molecule has 0 radical (unpaired) electrons. The molecule has 0 aliphatic rings. The lowest BCUT2D eigenvalue weighted by molar-refractivity contribution is 0.460. The fourth-order valence-corrected chi connectivity index (χ4v) is 1.87. The highest BCUT2D eigenvalue weighted by Crippen LogP contribution is 2.20. The molecular formula is C13H18N4OS. The second-order valence-corrected chi connectivity index (χ2v) is 5.27. The van der Waals surface area contributed by atoms with E-state index in [0.29, 0.717) is 24.5 Å². The Morgan fingerprint density at radius 1 is 1.21 bits per heavy atom. The number of hydrogen-bond donors (Lipinski definition) is 2. The van der Waals surface area contributed by atoms with E-state index in [1.54, 1.807) is 11.8 Å². The zero-order valence-electron chi connectivity index (χ0n) is 11.3. The van der Waals surface area contributed by atoms with E-state index < -0.39 is 0 Å². The van der Waals surface area contributed by atoms with Gasteiger partial charge in [-0.2, -0.15) is 0 Å². The fraction of sp³-hybridized carbons (Fsp3) is 0.385. The SMILES string of the molecule is CSc1ccc(Nc2nnc(CNC(C)C)o2)cc1. The summed E-state index contributed by atoms with van der Waals surface area (Å²) in [5.41, 5.74) is 0.935. The molecular weight excluding hydrogens is 260 g/mol. The molecule has 0 amide bonds. The first-order valence-electron chi connectivity index (χ1n) is 6.14. The minimum Gasteiger partial charge on any atom is -0.406 e. The highest BCUT2D eigenvalue weighted by atomic mass is 32.2. The van der Waals surface area contributed by atoms with Crippen molar-refractivity contribution in [2.45, 2.75) is 31.3 Å². The summed E-state index contributed by atoms with van der Waals surface area (Å²) >= 11 is 1.71. The molecule has 0 saturated carbocycles. The van der Waals surface area contributed by atoms with Gasteiger partial charge in [-0.3, -0.25) is 0 Å². The number of hydrogen-bond acceptors (Lipinski definition) is 6. The maximum absolute atomic E-state index is 5.49. The van der Waals surface area contributed by atoms with Gasteiger partial charge in [0.1, 0.15) is 0 Å². The Kier molecular flexibility index (Phi) is 4.81. The summed E-state index contributed by atoms with van der Waals surface area (Å²) < 4.78 is 5.49. The standard InChI is InChI=1S/C13H18N4OS/c1-9(2)14-8-12-16-17-13(18-12)15-10-4-6-11(19-3)7-5-10/h4-7,9,14H,8H2,1-3H3,(H,15,17). The molecule has 1 heterocycles. The second kappa shape index (κ2) is 6.58. The Labute approximate surface area is 117 Å². The fourth-order valence-electron chi connectivity index (χ4n) is 1.46. The lowest BCUT2D eigenvalue weighted by Gasteiger charge is -2.04. The third-order valence-corrected chi connectivity index (χ3v) is 3.21. The number of benzene rings is 1. The maximum Gasteiger partial charge on any atom is 0.320 e. The molecule has 6 heteroatoms. The molecule has 0 unspecified atom stereocenters. The topological polar surface area (TPSA) is 63.0 Å².